The fourth-order valence-electron chi connectivity index (χ4n) is 6.25. The Morgan fingerprint density at radius 2 is 0.725 bits per heavy atom. The summed E-state index contributed by atoms with van der Waals surface area (Å²) in [5.41, 5.74) is 1.01. The first-order valence-electron chi connectivity index (χ1n) is 13.3. The zero-order valence-corrected chi connectivity index (χ0v) is 21.4. The molecule has 8 aromatic carbocycles. The topological polar surface area (TPSA) is 52.6 Å². The van der Waals surface area contributed by atoms with Gasteiger partial charge in [-0.05, 0) is 76.8 Å². The Balaban J connectivity index is 1.03. The smallest absolute Gasteiger partial charge is 0.338 e. The van der Waals surface area contributed by atoms with Crippen molar-refractivity contribution in [3.63, 3.8) is 0 Å². The van der Waals surface area contributed by atoms with Crippen molar-refractivity contribution in [1.29, 1.82) is 0 Å². The predicted molar refractivity (Wildman–Crippen MR) is 161 cm³/mol. The number of benzene rings is 8. The van der Waals surface area contributed by atoms with Gasteiger partial charge in [-0.2, -0.15) is 0 Å². The van der Waals surface area contributed by atoms with E-state index >= 15 is 0 Å². The van der Waals surface area contributed by atoms with Crippen LogP contribution in [-0.2, 0) is 9.47 Å². The standard InChI is InChI=1S/C36H22O4/c37-35(29-17-13-25-9-7-21-3-1-5-23-11-15-27(29)33(25)31(21)23)39-19-20-40-36(38)30-18-14-26-10-8-22-4-2-6-24-12-16-28(30)34(26)32(22)24/h1-18H,19-20H2. The van der Waals surface area contributed by atoms with Gasteiger partial charge < -0.3 is 9.47 Å². The minimum atomic E-state index is -0.434. The SMILES string of the molecule is O=C(OCCOC(=O)c1ccc2ccc3cccc4ccc1c2c34)c1ccc2ccc3cccc4ccc1c2c34. The van der Waals surface area contributed by atoms with E-state index in [0.29, 0.717) is 11.1 Å². The lowest BCUT2D eigenvalue weighted by Crippen LogP contribution is -2.14. The lowest BCUT2D eigenvalue weighted by atomic mass is 9.92. The fourth-order valence-corrected chi connectivity index (χ4v) is 6.25. The number of rotatable bonds is 5. The zero-order chi connectivity index (χ0) is 26.8. The van der Waals surface area contributed by atoms with Crippen LogP contribution in [0.25, 0.3) is 64.6 Å². The van der Waals surface area contributed by atoms with Crippen molar-refractivity contribution in [3.8, 4) is 0 Å². The highest BCUT2D eigenvalue weighted by atomic mass is 16.6. The number of carbonyl (C=O) groups excluding carboxylic acids is 2. The number of esters is 2. The molecule has 0 atom stereocenters. The summed E-state index contributed by atoms with van der Waals surface area (Å²) in [5.74, 6) is -0.867. The molecule has 0 aromatic heterocycles. The minimum absolute atomic E-state index is 0.0294. The molecule has 0 N–H and O–H groups in total. The largest absolute Gasteiger partial charge is 0.458 e. The van der Waals surface area contributed by atoms with Gasteiger partial charge in [0.25, 0.3) is 0 Å². The molecule has 0 amide bonds. The van der Waals surface area contributed by atoms with E-state index in [2.05, 4.69) is 48.5 Å². The molecule has 4 heteroatoms. The van der Waals surface area contributed by atoms with E-state index < -0.39 is 11.9 Å². The van der Waals surface area contributed by atoms with Gasteiger partial charge in [-0.3, -0.25) is 0 Å². The Morgan fingerprint density at radius 1 is 0.400 bits per heavy atom. The molecule has 0 aliphatic heterocycles. The quantitative estimate of drug-likeness (QED) is 0.130. The monoisotopic (exact) mass is 518 g/mol. The van der Waals surface area contributed by atoms with Crippen LogP contribution in [0.15, 0.2) is 109 Å². The van der Waals surface area contributed by atoms with E-state index in [1.54, 1.807) is 12.1 Å². The number of hydrogen-bond donors (Lipinski definition) is 0. The Bertz CT molecular complexity index is 2070. The average molecular weight is 519 g/mol. The molecule has 0 saturated carbocycles. The molecule has 0 spiro atoms. The van der Waals surface area contributed by atoms with Crippen LogP contribution in [0.5, 0.6) is 0 Å². The molecule has 4 nitrogen and oxygen atoms in total. The molecule has 0 bridgehead atoms. The van der Waals surface area contributed by atoms with Crippen LogP contribution in [0.3, 0.4) is 0 Å². The average Bonchev–Trinajstić information content (AvgIpc) is 3.00. The molecule has 0 fully saturated rings. The summed E-state index contributed by atoms with van der Waals surface area (Å²) in [4.78, 5) is 26.2. The van der Waals surface area contributed by atoms with Crippen molar-refractivity contribution in [2.24, 2.45) is 0 Å². The first-order valence-corrected chi connectivity index (χ1v) is 13.3. The van der Waals surface area contributed by atoms with E-state index in [0.717, 1.165) is 64.6 Å². The lowest BCUT2D eigenvalue weighted by molar-refractivity contribution is 0.0268. The summed E-state index contributed by atoms with van der Waals surface area (Å²) < 4.78 is 11.1. The van der Waals surface area contributed by atoms with E-state index in [9.17, 15) is 9.59 Å². The Labute approximate surface area is 229 Å². The van der Waals surface area contributed by atoms with Gasteiger partial charge in [0.2, 0.25) is 0 Å². The summed E-state index contributed by atoms with van der Waals surface area (Å²) in [6.45, 7) is -0.0588. The third-order valence-corrected chi connectivity index (χ3v) is 8.05. The third-order valence-electron chi connectivity index (χ3n) is 8.05. The fraction of sp³-hybridized carbons (Fsp3) is 0.0556. The van der Waals surface area contributed by atoms with Crippen molar-refractivity contribution in [1.82, 2.24) is 0 Å². The van der Waals surface area contributed by atoms with Gasteiger partial charge in [0.1, 0.15) is 13.2 Å². The summed E-state index contributed by atoms with van der Waals surface area (Å²) in [6, 6.07) is 36.4. The van der Waals surface area contributed by atoms with Crippen LogP contribution < -0.4 is 0 Å². The lowest BCUT2D eigenvalue weighted by Gasteiger charge is -2.14. The first-order chi connectivity index (χ1) is 19.7. The zero-order valence-electron chi connectivity index (χ0n) is 21.4. The van der Waals surface area contributed by atoms with E-state index in [1.807, 2.05) is 48.5 Å². The molecule has 0 heterocycles. The Hall–Kier alpha value is -5.22. The van der Waals surface area contributed by atoms with Crippen molar-refractivity contribution in [2.75, 3.05) is 13.2 Å². The Morgan fingerprint density at radius 3 is 1.12 bits per heavy atom. The Kier molecular flexibility index (Phi) is 4.92. The molecular formula is C36H22O4. The highest BCUT2D eigenvalue weighted by Gasteiger charge is 2.18. The normalized spacial score (nSPS) is 11.9. The minimum Gasteiger partial charge on any atom is -0.458 e. The molecule has 8 aromatic rings. The van der Waals surface area contributed by atoms with Crippen LogP contribution in [0.2, 0.25) is 0 Å². The van der Waals surface area contributed by atoms with Crippen molar-refractivity contribution in [2.45, 2.75) is 0 Å². The van der Waals surface area contributed by atoms with Gasteiger partial charge in [-0.25, -0.2) is 9.59 Å². The van der Waals surface area contributed by atoms with Crippen molar-refractivity contribution in [3.05, 3.63) is 120 Å². The van der Waals surface area contributed by atoms with Crippen LogP contribution in [0.1, 0.15) is 20.7 Å². The highest BCUT2D eigenvalue weighted by molar-refractivity contribution is 6.27. The second kappa shape index (κ2) is 8.65. The molecule has 190 valence electrons. The molecule has 0 saturated heterocycles. The second-order valence-corrected chi connectivity index (χ2v) is 10.2. The molecule has 0 radical (unpaired) electrons. The van der Waals surface area contributed by atoms with E-state index in [4.69, 9.17) is 9.47 Å². The van der Waals surface area contributed by atoms with Gasteiger partial charge in [0.15, 0.2) is 0 Å². The molecule has 40 heavy (non-hydrogen) atoms. The van der Waals surface area contributed by atoms with E-state index in [-0.39, 0.29) is 13.2 Å². The first kappa shape index (κ1) is 22.7. The van der Waals surface area contributed by atoms with Crippen LogP contribution in [0.4, 0.5) is 0 Å². The summed E-state index contributed by atoms with van der Waals surface area (Å²) >= 11 is 0. The van der Waals surface area contributed by atoms with Crippen LogP contribution >= 0.6 is 0 Å². The molecule has 8 rings (SSSR count). The van der Waals surface area contributed by atoms with Gasteiger partial charge in [-0.1, -0.05) is 97.1 Å². The second-order valence-electron chi connectivity index (χ2n) is 10.2. The molecular weight excluding hydrogens is 496 g/mol. The number of carbonyl (C=O) groups is 2. The third kappa shape index (κ3) is 3.33. The maximum Gasteiger partial charge on any atom is 0.338 e. The predicted octanol–water partition coefficient (Wildman–Crippen LogP) is 8.50. The van der Waals surface area contributed by atoms with Crippen molar-refractivity contribution >= 4 is 76.6 Å². The number of ether oxygens (including phenoxy) is 2. The highest BCUT2D eigenvalue weighted by Crippen LogP contribution is 2.37. The maximum absolute atomic E-state index is 13.1. The van der Waals surface area contributed by atoms with Gasteiger partial charge in [0, 0.05) is 0 Å². The van der Waals surface area contributed by atoms with Crippen molar-refractivity contribution < 1.29 is 19.1 Å². The summed E-state index contributed by atoms with van der Waals surface area (Å²) in [6.07, 6.45) is 0. The van der Waals surface area contributed by atoms with E-state index in [1.165, 1.54) is 0 Å². The molecule has 0 unspecified atom stereocenters. The van der Waals surface area contributed by atoms with Gasteiger partial charge in [0.05, 0.1) is 11.1 Å². The van der Waals surface area contributed by atoms with Gasteiger partial charge >= 0.3 is 11.9 Å². The van der Waals surface area contributed by atoms with Crippen LogP contribution in [0, 0.1) is 0 Å². The van der Waals surface area contributed by atoms with Crippen LogP contribution in [-0.4, -0.2) is 25.2 Å². The van der Waals surface area contributed by atoms with Gasteiger partial charge in [-0.15, -0.1) is 0 Å². The maximum atomic E-state index is 13.1. The summed E-state index contributed by atoms with van der Waals surface area (Å²) in [7, 11) is 0. The molecule has 0 aliphatic rings. The summed E-state index contributed by atoms with van der Waals surface area (Å²) in [5, 5.41) is 12.9. The molecule has 0 aliphatic carbocycles. The number of hydrogen-bond acceptors (Lipinski definition) is 4.